The van der Waals surface area contributed by atoms with Crippen LogP contribution in [0.15, 0.2) is 18.2 Å². The summed E-state index contributed by atoms with van der Waals surface area (Å²) in [4.78, 5) is 15.3. The molecule has 1 atom stereocenters. The molecule has 0 saturated heterocycles. The first-order chi connectivity index (χ1) is 10.1. The van der Waals surface area contributed by atoms with Gasteiger partial charge in [-0.05, 0) is 31.7 Å². The summed E-state index contributed by atoms with van der Waals surface area (Å²) in [6, 6.07) is 5.39. The number of benzene rings is 1. The van der Waals surface area contributed by atoms with Crippen molar-refractivity contribution in [3.63, 3.8) is 0 Å². The van der Waals surface area contributed by atoms with Crippen LogP contribution in [-0.2, 0) is 4.79 Å². The van der Waals surface area contributed by atoms with Gasteiger partial charge >= 0.3 is 0 Å². The fourth-order valence-electron chi connectivity index (χ4n) is 2.44. The van der Waals surface area contributed by atoms with E-state index in [1.807, 2.05) is 18.9 Å². The Morgan fingerprint density at radius 1 is 1.48 bits per heavy atom. The van der Waals surface area contributed by atoms with Gasteiger partial charge in [0.15, 0.2) is 6.61 Å². The van der Waals surface area contributed by atoms with Crippen LogP contribution in [0, 0.1) is 0 Å². The van der Waals surface area contributed by atoms with E-state index in [4.69, 9.17) is 9.84 Å². The SMILES string of the molecule is CCN1C(=O)COc2ccc(C(O)CN(C)CCO)cc21. The summed E-state index contributed by atoms with van der Waals surface area (Å²) in [5.41, 5.74) is 1.44. The third-order valence-electron chi connectivity index (χ3n) is 3.59. The second-order valence-electron chi connectivity index (χ2n) is 5.16. The van der Waals surface area contributed by atoms with Crippen LogP contribution in [0.4, 0.5) is 5.69 Å². The van der Waals surface area contributed by atoms with Gasteiger partial charge in [-0.25, -0.2) is 0 Å². The number of carbonyl (C=O) groups excluding carboxylic acids is 1. The molecule has 21 heavy (non-hydrogen) atoms. The summed E-state index contributed by atoms with van der Waals surface area (Å²) in [5.74, 6) is 0.588. The van der Waals surface area contributed by atoms with Crippen molar-refractivity contribution in [1.82, 2.24) is 4.90 Å². The number of rotatable bonds is 6. The van der Waals surface area contributed by atoms with E-state index >= 15 is 0 Å². The van der Waals surface area contributed by atoms with E-state index in [1.54, 1.807) is 23.1 Å². The minimum atomic E-state index is -0.678. The first-order valence-electron chi connectivity index (χ1n) is 7.11. The van der Waals surface area contributed by atoms with Crippen molar-refractivity contribution < 1.29 is 19.7 Å². The number of hydrogen-bond donors (Lipinski definition) is 2. The molecule has 1 amide bonds. The summed E-state index contributed by atoms with van der Waals surface area (Å²) < 4.78 is 5.41. The topological polar surface area (TPSA) is 73.2 Å². The molecule has 6 heteroatoms. The van der Waals surface area contributed by atoms with E-state index in [2.05, 4.69) is 0 Å². The lowest BCUT2D eigenvalue weighted by Gasteiger charge is -2.29. The first-order valence-corrected chi connectivity index (χ1v) is 7.11. The van der Waals surface area contributed by atoms with Crippen LogP contribution in [0.3, 0.4) is 0 Å². The number of hydrogen-bond acceptors (Lipinski definition) is 5. The van der Waals surface area contributed by atoms with Crippen LogP contribution < -0.4 is 9.64 Å². The highest BCUT2D eigenvalue weighted by Crippen LogP contribution is 2.34. The van der Waals surface area contributed by atoms with Crippen LogP contribution in [-0.4, -0.2) is 60.9 Å². The van der Waals surface area contributed by atoms with E-state index in [9.17, 15) is 9.90 Å². The maximum atomic E-state index is 11.8. The molecule has 0 radical (unpaired) electrons. The number of aliphatic hydroxyl groups excluding tert-OH is 2. The zero-order valence-electron chi connectivity index (χ0n) is 12.5. The van der Waals surface area contributed by atoms with Gasteiger partial charge in [0.25, 0.3) is 5.91 Å². The van der Waals surface area contributed by atoms with Gasteiger partial charge in [0, 0.05) is 19.6 Å². The van der Waals surface area contributed by atoms with Gasteiger partial charge in [0.05, 0.1) is 18.4 Å². The zero-order chi connectivity index (χ0) is 15.4. The van der Waals surface area contributed by atoms with Crippen molar-refractivity contribution in [2.75, 3.05) is 44.8 Å². The Morgan fingerprint density at radius 3 is 2.90 bits per heavy atom. The third-order valence-corrected chi connectivity index (χ3v) is 3.59. The molecular weight excluding hydrogens is 272 g/mol. The van der Waals surface area contributed by atoms with Crippen molar-refractivity contribution >= 4 is 11.6 Å². The Kier molecular flexibility index (Phi) is 5.17. The molecule has 0 aromatic heterocycles. The molecule has 0 bridgehead atoms. The number of ether oxygens (including phenoxy) is 1. The molecule has 2 N–H and O–H groups in total. The largest absolute Gasteiger partial charge is 0.482 e. The molecule has 6 nitrogen and oxygen atoms in total. The summed E-state index contributed by atoms with van der Waals surface area (Å²) in [6.07, 6.45) is -0.678. The highest BCUT2D eigenvalue weighted by atomic mass is 16.5. The van der Waals surface area contributed by atoms with Crippen LogP contribution in [0.1, 0.15) is 18.6 Å². The van der Waals surface area contributed by atoms with Crippen molar-refractivity contribution in [2.45, 2.75) is 13.0 Å². The number of anilines is 1. The Hall–Kier alpha value is -1.63. The number of fused-ring (bicyclic) bond motifs is 1. The van der Waals surface area contributed by atoms with Gasteiger partial charge in [0.2, 0.25) is 0 Å². The minimum absolute atomic E-state index is 0.0549. The van der Waals surface area contributed by atoms with Crippen LogP contribution in [0.25, 0.3) is 0 Å². The van der Waals surface area contributed by atoms with Crippen molar-refractivity contribution in [1.29, 1.82) is 0 Å². The normalized spacial score (nSPS) is 15.9. The summed E-state index contributed by atoms with van der Waals surface area (Å²) in [6.45, 7) is 3.51. The van der Waals surface area contributed by atoms with Crippen molar-refractivity contribution in [2.24, 2.45) is 0 Å². The summed E-state index contributed by atoms with van der Waals surface area (Å²) in [7, 11) is 1.84. The summed E-state index contributed by atoms with van der Waals surface area (Å²) in [5, 5.41) is 19.2. The number of likely N-dealkylation sites (N-methyl/N-ethyl adjacent to an activating group) is 2. The molecule has 1 aromatic rings. The maximum absolute atomic E-state index is 11.8. The van der Waals surface area contributed by atoms with E-state index < -0.39 is 6.10 Å². The number of amides is 1. The van der Waals surface area contributed by atoms with Crippen molar-refractivity contribution in [3.8, 4) is 5.75 Å². The fraction of sp³-hybridized carbons (Fsp3) is 0.533. The number of nitrogens with zero attached hydrogens (tertiary/aromatic N) is 2. The Morgan fingerprint density at radius 2 is 2.24 bits per heavy atom. The van der Waals surface area contributed by atoms with E-state index in [0.717, 1.165) is 5.56 Å². The predicted molar refractivity (Wildman–Crippen MR) is 79.5 cm³/mol. The van der Waals surface area contributed by atoms with Crippen LogP contribution in [0.5, 0.6) is 5.75 Å². The average molecular weight is 294 g/mol. The highest BCUT2D eigenvalue weighted by molar-refractivity contribution is 5.97. The second-order valence-corrected chi connectivity index (χ2v) is 5.16. The lowest BCUT2D eigenvalue weighted by atomic mass is 10.1. The Balaban J connectivity index is 2.19. The molecule has 2 rings (SSSR count). The highest BCUT2D eigenvalue weighted by Gasteiger charge is 2.25. The minimum Gasteiger partial charge on any atom is -0.482 e. The van der Waals surface area contributed by atoms with Gasteiger partial charge < -0.3 is 24.7 Å². The molecular formula is C15H22N2O4. The molecule has 1 aromatic carbocycles. The van der Waals surface area contributed by atoms with E-state index in [0.29, 0.717) is 31.1 Å². The molecule has 0 spiro atoms. The first kappa shape index (κ1) is 15.8. The molecule has 0 fully saturated rings. The molecule has 1 aliphatic heterocycles. The number of aliphatic hydroxyl groups is 2. The van der Waals surface area contributed by atoms with Crippen LogP contribution >= 0.6 is 0 Å². The van der Waals surface area contributed by atoms with Crippen molar-refractivity contribution in [3.05, 3.63) is 23.8 Å². The van der Waals surface area contributed by atoms with Crippen LogP contribution in [0.2, 0.25) is 0 Å². The molecule has 0 saturated carbocycles. The molecule has 1 aliphatic rings. The lowest BCUT2D eigenvalue weighted by molar-refractivity contribution is -0.121. The van der Waals surface area contributed by atoms with Gasteiger partial charge in [-0.1, -0.05) is 6.07 Å². The monoisotopic (exact) mass is 294 g/mol. The summed E-state index contributed by atoms with van der Waals surface area (Å²) >= 11 is 0. The maximum Gasteiger partial charge on any atom is 0.265 e. The van der Waals surface area contributed by atoms with Gasteiger partial charge in [-0.3, -0.25) is 4.79 Å². The standard InChI is InChI=1S/C15H22N2O4/c1-3-17-12-8-11(13(19)9-16(2)6-7-18)4-5-14(12)21-10-15(17)20/h4-5,8,13,18-19H,3,6-7,9-10H2,1-2H3. The lowest BCUT2D eigenvalue weighted by Crippen LogP contribution is -2.38. The average Bonchev–Trinajstić information content (AvgIpc) is 2.46. The Labute approximate surface area is 124 Å². The van der Waals surface area contributed by atoms with Gasteiger partial charge in [-0.15, -0.1) is 0 Å². The molecule has 0 aliphatic carbocycles. The predicted octanol–water partition coefficient (Wildman–Crippen LogP) is 0.389. The molecule has 116 valence electrons. The third kappa shape index (κ3) is 3.53. The zero-order valence-corrected chi connectivity index (χ0v) is 12.5. The van der Waals surface area contributed by atoms with Gasteiger partial charge in [-0.2, -0.15) is 0 Å². The quantitative estimate of drug-likeness (QED) is 0.794. The van der Waals surface area contributed by atoms with Gasteiger partial charge in [0.1, 0.15) is 5.75 Å². The van der Waals surface area contributed by atoms with E-state index in [-0.39, 0.29) is 19.1 Å². The smallest absolute Gasteiger partial charge is 0.265 e. The molecule has 1 unspecified atom stereocenters. The second kappa shape index (κ2) is 6.89. The number of carbonyl (C=O) groups is 1. The fourth-order valence-corrected chi connectivity index (χ4v) is 2.44. The molecule has 1 heterocycles. The van der Waals surface area contributed by atoms with E-state index in [1.165, 1.54) is 0 Å². The Bertz CT molecular complexity index is 506.